The molecule has 0 bridgehead atoms. The lowest BCUT2D eigenvalue weighted by atomic mass is 9.76. The minimum atomic E-state index is -0.511. The van der Waals surface area contributed by atoms with Crippen LogP contribution in [0.3, 0.4) is 0 Å². The molecule has 2 saturated carbocycles. The number of ether oxygens (including phenoxy) is 1. The summed E-state index contributed by atoms with van der Waals surface area (Å²) in [7, 11) is 0. The van der Waals surface area contributed by atoms with E-state index < -0.39 is 5.72 Å². The molecule has 2 aromatic rings. The SMILES string of the molecule is Cl.NC(=O)[C@@H]1[C@H](C2CCCCC2)CCN1c1ccc2c(c1)cc1n2C2(CCCCC2)OC1=O. The molecule has 1 aromatic carbocycles. The second-order valence-electron chi connectivity index (χ2n) is 10.4. The molecule has 33 heavy (non-hydrogen) atoms. The van der Waals surface area contributed by atoms with E-state index in [1.807, 2.05) is 6.07 Å². The zero-order valence-corrected chi connectivity index (χ0v) is 19.9. The van der Waals surface area contributed by atoms with Crippen LogP contribution in [-0.2, 0) is 15.3 Å². The van der Waals surface area contributed by atoms with Gasteiger partial charge < -0.3 is 15.4 Å². The van der Waals surface area contributed by atoms with Crippen molar-refractivity contribution in [3.8, 4) is 0 Å². The van der Waals surface area contributed by atoms with Crippen molar-refractivity contribution in [3.05, 3.63) is 30.0 Å². The largest absolute Gasteiger partial charge is 0.434 e. The van der Waals surface area contributed by atoms with Crippen molar-refractivity contribution in [1.29, 1.82) is 0 Å². The number of benzene rings is 1. The van der Waals surface area contributed by atoms with Crippen LogP contribution in [-0.4, -0.2) is 29.0 Å². The van der Waals surface area contributed by atoms with E-state index in [4.69, 9.17) is 10.5 Å². The summed E-state index contributed by atoms with van der Waals surface area (Å²) < 4.78 is 8.07. The molecule has 2 atom stereocenters. The smallest absolute Gasteiger partial charge is 0.357 e. The lowest BCUT2D eigenvalue weighted by Crippen LogP contribution is -2.46. The maximum absolute atomic E-state index is 12.7. The fourth-order valence-corrected chi connectivity index (χ4v) is 7.20. The minimum absolute atomic E-state index is 0. The maximum Gasteiger partial charge on any atom is 0.357 e. The van der Waals surface area contributed by atoms with Gasteiger partial charge >= 0.3 is 5.97 Å². The van der Waals surface area contributed by atoms with Crippen molar-refractivity contribution in [3.63, 3.8) is 0 Å². The highest BCUT2D eigenvalue weighted by molar-refractivity contribution is 5.99. The third kappa shape index (κ3) is 3.52. The van der Waals surface area contributed by atoms with Gasteiger partial charge in [-0.15, -0.1) is 12.4 Å². The van der Waals surface area contributed by atoms with Crippen molar-refractivity contribution in [1.82, 2.24) is 4.57 Å². The Morgan fingerprint density at radius 1 is 1.00 bits per heavy atom. The first-order valence-corrected chi connectivity index (χ1v) is 12.5. The van der Waals surface area contributed by atoms with Crippen LogP contribution in [0.15, 0.2) is 24.3 Å². The molecular formula is C26H34ClN3O3. The molecule has 2 aliphatic carbocycles. The number of fused-ring (bicyclic) bond motifs is 4. The Morgan fingerprint density at radius 3 is 2.45 bits per heavy atom. The lowest BCUT2D eigenvalue weighted by Gasteiger charge is -2.34. The number of carbonyl (C=O) groups excluding carboxylic acids is 2. The molecule has 2 N–H and O–H groups in total. The van der Waals surface area contributed by atoms with Crippen LogP contribution in [0.4, 0.5) is 5.69 Å². The van der Waals surface area contributed by atoms with E-state index in [0.29, 0.717) is 17.5 Å². The number of hydrogen-bond acceptors (Lipinski definition) is 4. The predicted molar refractivity (Wildman–Crippen MR) is 131 cm³/mol. The quantitative estimate of drug-likeness (QED) is 0.631. The molecule has 2 aliphatic heterocycles. The number of nitrogens with zero attached hydrogens (tertiary/aromatic N) is 2. The number of primary amides is 1. The number of esters is 1. The summed E-state index contributed by atoms with van der Waals surface area (Å²) in [4.78, 5) is 27.5. The van der Waals surface area contributed by atoms with Crippen molar-refractivity contribution in [2.24, 2.45) is 17.6 Å². The molecule has 1 spiro atoms. The van der Waals surface area contributed by atoms with E-state index in [9.17, 15) is 9.59 Å². The van der Waals surface area contributed by atoms with Gasteiger partial charge in [-0.3, -0.25) is 9.36 Å². The Labute approximate surface area is 201 Å². The van der Waals surface area contributed by atoms with E-state index in [2.05, 4.69) is 27.7 Å². The van der Waals surface area contributed by atoms with Gasteiger partial charge in [-0.05, 0) is 55.4 Å². The van der Waals surface area contributed by atoms with E-state index in [-0.39, 0.29) is 30.3 Å². The van der Waals surface area contributed by atoms with E-state index in [1.54, 1.807) is 0 Å². The molecule has 4 aliphatic rings. The van der Waals surface area contributed by atoms with Gasteiger partial charge in [0.15, 0.2) is 5.72 Å². The molecule has 3 heterocycles. The van der Waals surface area contributed by atoms with Crippen LogP contribution in [0.2, 0.25) is 0 Å². The van der Waals surface area contributed by atoms with Crippen molar-refractivity contribution >= 4 is 40.9 Å². The summed E-state index contributed by atoms with van der Waals surface area (Å²) in [5, 5.41) is 1.04. The minimum Gasteiger partial charge on any atom is -0.434 e. The summed E-state index contributed by atoms with van der Waals surface area (Å²) in [6.07, 6.45) is 12.5. The summed E-state index contributed by atoms with van der Waals surface area (Å²) in [5.41, 5.74) is 8.20. The topological polar surface area (TPSA) is 77.6 Å². The highest BCUT2D eigenvalue weighted by Crippen LogP contribution is 2.46. The average Bonchev–Trinajstić information content (AvgIpc) is 3.48. The van der Waals surface area contributed by atoms with Crippen molar-refractivity contribution in [2.45, 2.75) is 82.4 Å². The van der Waals surface area contributed by atoms with E-state index in [0.717, 1.165) is 55.2 Å². The van der Waals surface area contributed by atoms with Crippen LogP contribution in [0.5, 0.6) is 0 Å². The average molecular weight is 472 g/mol. The maximum atomic E-state index is 12.7. The van der Waals surface area contributed by atoms with Gasteiger partial charge in [-0.1, -0.05) is 38.5 Å². The number of nitrogens with two attached hydrogens (primary N) is 1. The van der Waals surface area contributed by atoms with Crippen LogP contribution in [0, 0.1) is 11.8 Å². The summed E-state index contributed by atoms with van der Waals surface area (Å²) in [6, 6.07) is 8.09. The molecule has 0 unspecified atom stereocenters. The summed E-state index contributed by atoms with van der Waals surface area (Å²) in [6.45, 7) is 0.861. The van der Waals surface area contributed by atoms with Gasteiger partial charge in [0, 0.05) is 30.5 Å². The predicted octanol–water partition coefficient (Wildman–Crippen LogP) is 5.11. The van der Waals surface area contributed by atoms with Gasteiger partial charge in [-0.25, -0.2) is 4.79 Å². The van der Waals surface area contributed by atoms with Crippen molar-refractivity contribution < 1.29 is 14.3 Å². The molecule has 0 radical (unpaired) electrons. The molecule has 6 nitrogen and oxygen atoms in total. The molecule has 1 saturated heterocycles. The third-order valence-electron chi connectivity index (χ3n) is 8.64. The number of carbonyl (C=O) groups is 2. The van der Waals surface area contributed by atoms with Gasteiger partial charge in [0.25, 0.3) is 0 Å². The second kappa shape index (κ2) is 8.53. The molecule has 3 fully saturated rings. The number of halogens is 1. The Bertz CT molecular complexity index is 1070. The third-order valence-corrected chi connectivity index (χ3v) is 8.64. The van der Waals surface area contributed by atoms with Gasteiger partial charge in [-0.2, -0.15) is 0 Å². The Morgan fingerprint density at radius 2 is 1.73 bits per heavy atom. The highest BCUT2D eigenvalue weighted by Gasteiger charge is 2.47. The Kier molecular flexibility index (Phi) is 5.84. The molecule has 1 amide bonds. The van der Waals surface area contributed by atoms with Gasteiger partial charge in [0.2, 0.25) is 5.91 Å². The normalized spacial score (nSPS) is 26.9. The zero-order valence-electron chi connectivity index (χ0n) is 19.1. The number of aromatic nitrogens is 1. The summed E-state index contributed by atoms with van der Waals surface area (Å²) in [5.74, 6) is 0.540. The second-order valence-corrected chi connectivity index (χ2v) is 10.4. The number of anilines is 1. The first-order valence-electron chi connectivity index (χ1n) is 12.5. The summed E-state index contributed by atoms with van der Waals surface area (Å²) >= 11 is 0. The molecule has 178 valence electrons. The molecule has 1 aromatic heterocycles. The van der Waals surface area contributed by atoms with Crippen LogP contribution in [0.1, 0.15) is 81.1 Å². The van der Waals surface area contributed by atoms with E-state index >= 15 is 0 Å². The number of hydrogen-bond donors (Lipinski definition) is 1. The van der Waals surface area contributed by atoms with Crippen LogP contribution >= 0.6 is 12.4 Å². The first kappa shape index (κ1) is 22.6. The van der Waals surface area contributed by atoms with Crippen LogP contribution < -0.4 is 10.6 Å². The first-order chi connectivity index (χ1) is 15.6. The van der Waals surface area contributed by atoms with Gasteiger partial charge in [0.1, 0.15) is 11.7 Å². The van der Waals surface area contributed by atoms with Crippen molar-refractivity contribution in [2.75, 3.05) is 11.4 Å². The standard InChI is InChI=1S/C26H33N3O3.ClH/c27-24(30)23-20(17-7-3-1-4-8-17)11-14-28(23)19-9-10-21-18(15-19)16-22-25(31)32-26(29(21)22)12-5-2-6-13-26;/h9-10,15-17,20,23H,1-8,11-14H2,(H2,27,30);1H/t20-,23-;/m0./s1. The fraction of sp³-hybridized carbons (Fsp3) is 0.615. The molecular weight excluding hydrogens is 438 g/mol. The zero-order chi connectivity index (χ0) is 21.9. The Balaban J connectivity index is 0.00000228. The van der Waals surface area contributed by atoms with Gasteiger partial charge in [0.05, 0.1) is 5.52 Å². The molecule has 6 rings (SSSR count). The number of amides is 1. The Hall–Kier alpha value is -2.21. The lowest BCUT2D eigenvalue weighted by molar-refractivity contribution is -0.120. The monoisotopic (exact) mass is 471 g/mol. The van der Waals surface area contributed by atoms with Crippen LogP contribution in [0.25, 0.3) is 10.9 Å². The number of rotatable bonds is 3. The highest BCUT2D eigenvalue weighted by atomic mass is 35.5. The molecule has 7 heteroatoms. The fourth-order valence-electron chi connectivity index (χ4n) is 7.20. The van der Waals surface area contributed by atoms with E-state index in [1.165, 1.54) is 38.5 Å².